The van der Waals surface area contributed by atoms with Crippen LogP contribution in [-0.2, 0) is 22.4 Å². The number of urea groups is 1. The summed E-state index contributed by atoms with van der Waals surface area (Å²) in [5.41, 5.74) is 1.51. The summed E-state index contributed by atoms with van der Waals surface area (Å²) in [6, 6.07) is -1.88. The Hall–Kier alpha value is -2.29. The molecule has 0 bridgehead atoms. The summed E-state index contributed by atoms with van der Waals surface area (Å²) in [5.74, 6) is -1.16. The predicted octanol–water partition coefficient (Wildman–Crippen LogP) is 0.217. The van der Waals surface area contributed by atoms with Gasteiger partial charge in [0.15, 0.2) is 6.04 Å². The number of hydrogen-bond donors (Lipinski definition) is 3. The van der Waals surface area contributed by atoms with Gasteiger partial charge in [-0.1, -0.05) is 13.8 Å². The molecule has 1 unspecified atom stereocenters. The van der Waals surface area contributed by atoms with Gasteiger partial charge in [0.1, 0.15) is 0 Å². The molecule has 1 aromatic heterocycles. The standard InChI is InChI=1S/C12H19N5O4/c1-4-7-8(5-2)16-17-11(13-7)15-12(20)14-9(6-21-3)10(18)19/h9H,4-6H2,1-3H3,(H,18,19)(H2,13,14,15,17,20). The second-order valence-corrected chi connectivity index (χ2v) is 4.18. The summed E-state index contributed by atoms with van der Waals surface area (Å²) in [7, 11) is 1.35. The smallest absolute Gasteiger partial charge is 0.328 e. The minimum absolute atomic E-state index is 0.0307. The highest BCUT2D eigenvalue weighted by molar-refractivity contribution is 5.90. The van der Waals surface area contributed by atoms with Crippen molar-refractivity contribution in [3.8, 4) is 0 Å². The number of carboxylic acid groups (broad SMARTS) is 1. The summed E-state index contributed by atoms with van der Waals surface area (Å²) in [4.78, 5) is 26.8. The number of carbonyl (C=O) groups excluding carboxylic acids is 1. The van der Waals surface area contributed by atoms with Crippen molar-refractivity contribution in [3.05, 3.63) is 11.4 Å². The topological polar surface area (TPSA) is 126 Å². The summed E-state index contributed by atoms with van der Waals surface area (Å²) < 4.78 is 4.72. The third-order valence-corrected chi connectivity index (χ3v) is 2.67. The molecule has 1 rings (SSSR count). The molecule has 0 aromatic carbocycles. The number of nitrogens with zero attached hydrogens (tertiary/aromatic N) is 3. The van der Waals surface area contributed by atoms with E-state index >= 15 is 0 Å². The fraction of sp³-hybridized carbons (Fsp3) is 0.583. The molecule has 1 heterocycles. The summed E-state index contributed by atoms with van der Waals surface area (Å²) in [6.45, 7) is 3.72. The van der Waals surface area contributed by atoms with Crippen molar-refractivity contribution in [2.24, 2.45) is 0 Å². The molecule has 0 fully saturated rings. The number of nitrogens with one attached hydrogen (secondary N) is 2. The molecule has 2 amide bonds. The molecule has 1 aromatic rings. The molecule has 9 heteroatoms. The van der Waals surface area contributed by atoms with Crippen LogP contribution in [0.4, 0.5) is 10.7 Å². The van der Waals surface area contributed by atoms with Crippen molar-refractivity contribution in [1.82, 2.24) is 20.5 Å². The van der Waals surface area contributed by atoms with E-state index in [1.54, 1.807) is 0 Å². The molecule has 9 nitrogen and oxygen atoms in total. The average molecular weight is 297 g/mol. The molecule has 116 valence electrons. The van der Waals surface area contributed by atoms with Gasteiger partial charge < -0.3 is 15.2 Å². The molecule has 21 heavy (non-hydrogen) atoms. The van der Waals surface area contributed by atoms with E-state index in [0.29, 0.717) is 12.8 Å². The second-order valence-electron chi connectivity index (χ2n) is 4.18. The van der Waals surface area contributed by atoms with Crippen LogP contribution in [0.1, 0.15) is 25.2 Å². The monoisotopic (exact) mass is 297 g/mol. The van der Waals surface area contributed by atoms with Gasteiger partial charge in [-0.25, -0.2) is 14.6 Å². The van der Waals surface area contributed by atoms with Crippen LogP contribution in [0.15, 0.2) is 0 Å². The molecule has 0 radical (unpaired) electrons. The van der Waals surface area contributed by atoms with E-state index in [2.05, 4.69) is 25.8 Å². The number of aryl methyl sites for hydroxylation is 2. The number of methoxy groups -OCH3 is 1. The van der Waals surface area contributed by atoms with Gasteiger partial charge in [0.25, 0.3) is 5.95 Å². The van der Waals surface area contributed by atoms with Crippen LogP contribution in [0.2, 0.25) is 0 Å². The van der Waals surface area contributed by atoms with Gasteiger partial charge in [0, 0.05) is 7.11 Å². The predicted molar refractivity (Wildman–Crippen MR) is 74.0 cm³/mol. The van der Waals surface area contributed by atoms with Crippen LogP contribution in [-0.4, -0.2) is 52.0 Å². The van der Waals surface area contributed by atoms with Gasteiger partial charge in [-0.15, -0.1) is 10.2 Å². The fourth-order valence-electron chi connectivity index (χ4n) is 1.63. The Morgan fingerprint density at radius 2 is 1.90 bits per heavy atom. The number of ether oxygens (including phenoxy) is 1. The van der Waals surface area contributed by atoms with Gasteiger partial charge in [0.2, 0.25) is 0 Å². The van der Waals surface area contributed by atoms with Crippen LogP contribution in [0.25, 0.3) is 0 Å². The highest BCUT2D eigenvalue weighted by Gasteiger charge is 2.20. The van der Waals surface area contributed by atoms with Crippen molar-refractivity contribution in [1.29, 1.82) is 0 Å². The maximum absolute atomic E-state index is 11.7. The van der Waals surface area contributed by atoms with Crippen LogP contribution >= 0.6 is 0 Å². The van der Waals surface area contributed by atoms with Gasteiger partial charge >= 0.3 is 12.0 Å². The first kappa shape index (κ1) is 16.8. The zero-order valence-corrected chi connectivity index (χ0v) is 12.2. The summed E-state index contributed by atoms with van der Waals surface area (Å²) >= 11 is 0. The maximum Gasteiger partial charge on any atom is 0.328 e. The number of amides is 2. The summed E-state index contributed by atoms with van der Waals surface area (Å²) in [6.07, 6.45) is 1.36. The molecule has 0 spiro atoms. The van der Waals surface area contributed by atoms with Crippen LogP contribution in [0.3, 0.4) is 0 Å². The molecule has 3 N–H and O–H groups in total. The van der Waals surface area contributed by atoms with Gasteiger partial charge in [-0.3, -0.25) is 5.32 Å². The van der Waals surface area contributed by atoms with E-state index in [0.717, 1.165) is 11.4 Å². The Kier molecular flexibility index (Phi) is 6.47. The molecule has 0 saturated carbocycles. The lowest BCUT2D eigenvalue weighted by atomic mass is 10.2. The fourth-order valence-corrected chi connectivity index (χ4v) is 1.63. The lowest BCUT2D eigenvalue weighted by Crippen LogP contribution is -2.45. The summed E-state index contributed by atoms with van der Waals surface area (Å²) in [5, 5.41) is 21.3. The van der Waals surface area contributed by atoms with Crippen molar-refractivity contribution in [2.75, 3.05) is 19.0 Å². The van der Waals surface area contributed by atoms with E-state index < -0.39 is 18.0 Å². The minimum Gasteiger partial charge on any atom is -0.480 e. The Balaban J connectivity index is 2.72. The van der Waals surface area contributed by atoms with Crippen molar-refractivity contribution >= 4 is 17.9 Å². The van der Waals surface area contributed by atoms with E-state index in [1.165, 1.54) is 7.11 Å². The van der Waals surface area contributed by atoms with E-state index in [4.69, 9.17) is 9.84 Å². The molecule has 0 aliphatic heterocycles. The van der Waals surface area contributed by atoms with Gasteiger partial charge in [0.05, 0.1) is 18.0 Å². The number of carboxylic acids is 1. The van der Waals surface area contributed by atoms with E-state index in [1.807, 2.05) is 13.8 Å². The Morgan fingerprint density at radius 3 is 2.43 bits per heavy atom. The normalized spacial score (nSPS) is 11.8. The first-order valence-corrected chi connectivity index (χ1v) is 6.53. The first-order chi connectivity index (χ1) is 10.0. The van der Waals surface area contributed by atoms with Gasteiger partial charge in [-0.2, -0.15) is 0 Å². The lowest BCUT2D eigenvalue weighted by molar-refractivity contribution is -0.140. The first-order valence-electron chi connectivity index (χ1n) is 6.53. The Morgan fingerprint density at radius 1 is 1.24 bits per heavy atom. The molecular weight excluding hydrogens is 278 g/mol. The number of hydrogen-bond acceptors (Lipinski definition) is 6. The average Bonchev–Trinajstić information content (AvgIpc) is 2.46. The highest BCUT2D eigenvalue weighted by atomic mass is 16.5. The van der Waals surface area contributed by atoms with E-state index in [9.17, 15) is 9.59 Å². The van der Waals surface area contributed by atoms with Crippen LogP contribution < -0.4 is 10.6 Å². The maximum atomic E-state index is 11.7. The SMILES string of the molecule is CCc1nnc(NC(=O)NC(COC)C(=O)O)nc1CC. The number of aliphatic carboxylic acids is 1. The Bertz CT molecular complexity index is 508. The van der Waals surface area contributed by atoms with Crippen molar-refractivity contribution < 1.29 is 19.4 Å². The number of anilines is 1. The zero-order chi connectivity index (χ0) is 15.8. The van der Waals surface area contributed by atoms with E-state index in [-0.39, 0.29) is 12.6 Å². The second kappa shape index (κ2) is 8.10. The van der Waals surface area contributed by atoms with Crippen LogP contribution in [0, 0.1) is 0 Å². The quantitative estimate of drug-likeness (QED) is 0.657. The van der Waals surface area contributed by atoms with Crippen LogP contribution in [0.5, 0.6) is 0 Å². The molecule has 1 atom stereocenters. The van der Waals surface area contributed by atoms with Gasteiger partial charge in [-0.05, 0) is 12.8 Å². The molecule has 0 saturated heterocycles. The molecule has 0 aliphatic carbocycles. The third-order valence-electron chi connectivity index (χ3n) is 2.67. The number of aromatic nitrogens is 3. The molecular formula is C12H19N5O4. The molecule has 0 aliphatic rings. The number of carbonyl (C=O) groups is 2. The highest BCUT2D eigenvalue weighted by Crippen LogP contribution is 2.06. The number of rotatable bonds is 7. The third kappa shape index (κ3) is 4.95. The van der Waals surface area contributed by atoms with Crippen molar-refractivity contribution in [3.63, 3.8) is 0 Å². The van der Waals surface area contributed by atoms with Crippen molar-refractivity contribution in [2.45, 2.75) is 32.7 Å². The minimum atomic E-state index is -1.19. The zero-order valence-electron chi connectivity index (χ0n) is 12.2. The Labute approximate surface area is 122 Å². The largest absolute Gasteiger partial charge is 0.480 e. The lowest BCUT2D eigenvalue weighted by Gasteiger charge is -2.13.